The number of hydrogen-bond donors (Lipinski definition) is 1. The first-order valence-electron chi connectivity index (χ1n) is 7.49. The van der Waals surface area contributed by atoms with E-state index in [9.17, 15) is 0 Å². The van der Waals surface area contributed by atoms with Crippen molar-refractivity contribution in [3.05, 3.63) is 47.9 Å². The Bertz CT molecular complexity index is 811. The summed E-state index contributed by atoms with van der Waals surface area (Å²) in [7, 11) is 0. The van der Waals surface area contributed by atoms with Crippen LogP contribution in [0.4, 0.5) is 17.3 Å². The van der Waals surface area contributed by atoms with Crippen molar-refractivity contribution in [1.82, 2.24) is 14.4 Å². The van der Waals surface area contributed by atoms with Gasteiger partial charge in [0.25, 0.3) is 0 Å². The number of ether oxygens (including phenoxy) is 1. The molecule has 6 nitrogen and oxygen atoms in total. The molecule has 0 amide bonds. The molecule has 1 aliphatic heterocycles. The molecule has 0 unspecified atom stereocenters. The highest BCUT2D eigenvalue weighted by molar-refractivity contribution is 6.29. The molecule has 0 saturated carbocycles. The van der Waals surface area contributed by atoms with Crippen LogP contribution in [-0.2, 0) is 4.74 Å². The van der Waals surface area contributed by atoms with Crippen molar-refractivity contribution in [2.75, 3.05) is 36.5 Å². The van der Waals surface area contributed by atoms with Gasteiger partial charge in [-0.05, 0) is 24.3 Å². The van der Waals surface area contributed by atoms with E-state index in [1.807, 2.05) is 22.7 Å². The second-order valence-electron chi connectivity index (χ2n) is 5.33. The van der Waals surface area contributed by atoms with Crippen LogP contribution in [0.15, 0.2) is 42.7 Å². The topological polar surface area (TPSA) is 54.7 Å². The first-order valence-corrected chi connectivity index (χ1v) is 7.87. The summed E-state index contributed by atoms with van der Waals surface area (Å²) in [5, 5.41) is 3.70. The summed E-state index contributed by atoms with van der Waals surface area (Å²) in [6.07, 6.45) is 3.57. The molecule has 1 N–H and O–H groups in total. The van der Waals surface area contributed by atoms with Gasteiger partial charge in [0.05, 0.1) is 13.2 Å². The van der Waals surface area contributed by atoms with E-state index in [1.54, 1.807) is 12.3 Å². The summed E-state index contributed by atoms with van der Waals surface area (Å²) in [6, 6.07) is 10.0. The van der Waals surface area contributed by atoms with E-state index >= 15 is 0 Å². The molecule has 2 aromatic heterocycles. The summed E-state index contributed by atoms with van der Waals surface area (Å²) in [6.45, 7) is 3.42. The molecule has 1 fully saturated rings. The number of benzene rings is 1. The maximum atomic E-state index is 6.05. The fourth-order valence-electron chi connectivity index (χ4n) is 2.69. The molecule has 3 aromatic rings. The fourth-order valence-corrected chi connectivity index (χ4v) is 2.87. The highest BCUT2D eigenvalue weighted by Gasteiger charge is 2.11. The Morgan fingerprint density at radius 2 is 1.91 bits per heavy atom. The number of halogens is 1. The number of imidazole rings is 1. The van der Waals surface area contributed by atoms with E-state index in [-0.39, 0.29) is 0 Å². The van der Waals surface area contributed by atoms with Crippen molar-refractivity contribution in [2.45, 2.75) is 0 Å². The molecule has 4 rings (SSSR count). The highest BCUT2D eigenvalue weighted by Crippen LogP contribution is 2.22. The number of fused-ring (bicyclic) bond motifs is 1. The van der Waals surface area contributed by atoms with Crippen LogP contribution in [0.5, 0.6) is 0 Å². The Hall–Kier alpha value is -2.31. The molecule has 7 heteroatoms. The van der Waals surface area contributed by atoms with Gasteiger partial charge in [0.1, 0.15) is 10.8 Å². The normalized spacial score (nSPS) is 15.1. The molecule has 0 radical (unpaired) electrons. The minimum absolute atomic E-state index is 0.413. The Morgan fingerprint density at radius 1 is 1.13 bits per heavy atom. The zero-order chi connectivity index (χ0) is 15.6. The number of nitrogens with zero attached hydrogens (tertiary/aromatic N) is 4. The third kappa shape index (κ3) is 2.95. The van der Waals surface area contributed by atoms with Crippen LogP contribution in [0.2, 0.25) is 5.15 Å². The van der Waals surface area contributed by atoms with Crippen LogP contribution >= 0.6 is 11.6 Å². The third-order valence-electron chi connectivity index (χ3n) is 3.86. The molecule has 0 aliphatic carbocycles. The van der Waals surface area contributed by atoms with E-state index in [0.717, 1.165) is 37.6 Å². The molecule has 3 heterocycles. The summed E-state index contributed by atoms with van der Waals surface area (Å²) in [5.74, 6) is 0.643. The zero-order valence-corrected chi connectivity index (χ0v) is 13.2. The maximum absolute atomic E-state index is 6.05. The van der Waals surface area contributed by atoms with Crippen molar-refractivity contribution in [3.8, 4) is 0 Å². The Kier molecular flexibility index (Phi) is 3.77. The van der Waals surface area contributed by atoms with Crippen molar-refractivity contribution in [3.63, 3.8) is 0 Å². The van der Waals surface area contributed by atoms with Crippen LogP contribution in [-0.4, -0.2) is 40.7 Å². The van der Waals surface area contributed by atoms with Gasteiger partial charge in [0, 0.05) is 42.9 Å². The Morgan fingerprint density at radius 3 is 2.70 bits per heavy atom. The minimum atomic E-state index is 0.413. The smallest absolute Gasteiger partial charge is 0.214 e. The van der Waals surface area contributed by atoms with Gasteiger partial charge in [-0.1, -0.05) is 11.6 Å². The summed E-state index contributed by atoms with van der Waals surface area (Å²) in [4.78, 5) is 10.9. The molecule has 118 valence electrons. The van der Waals surface area contributed by atoms with Gasteiger partial charge in [-0.15, -0.1) is 0 Å². The highest BCUT2D eigenvalue weighted by atomic mass is 35.5. The van der Waals surface area contributed by atoms with Gasteiger partial charge in [0.2, 0.25) is 5.95 Å². The van der Waals surface area contributed by atoms with E-state index < -0.39 is 0 Å². The number of anilines is 3. The van der Waals surface area contributed by atoms with Crippen LogP contribution in [0.25, 0.3) is 5.65 Å². The summed E-state index contributed by atoms with van der Waals surface area (Å²) in [5.41, 5.74) is 2.91. The van der Waals surface area contributed by atoms with Crippen LogP contribution in [0.3, 0.4) is 0 Å². The molecule has 23 heavy (non-hydrogen) atoms. The van der Waals surface area contributed by atoms with Crippen LogP contribution in [0, 0.1) is 0 Å². The lowest BCUT2D eigenvalue weighted by atomic mass is 10.2. The van der Waals surface area contributed by atoms with Crippen LogP contribution < -0.4 is 10.2 Å². The first kappa shape index (κ1) is 14.3. The zero-order valence-electron chi connectivity index (χ0n) is 12.4. The largest absolute Gasteiger partial charge is 0.378 e. The lowest BCUT2D eigenvalue weighted by molar-refractivity contribution is 0.122. The standard InChI is InChI=1S/C16H16ClN5O/c17-14-11-15-18-5-6-22(15)16(20-14)19-12-1-3-13(4-2-12)21-7-9-23-10-8-21/h1-6,11H,7-10H2,(H,19,20). The molecule has 1 saturated heterocycles. The van der Waals surface area contributed by atoms with Crippen LogP contribution in [0.1, 0.15) is 0 Å². The second kappa shape index (κ2) is 6.06. The maximum Gasteiger partial charge on any atom is 0.214 e. The molecule has 0 bridgehead atoms. The lowest BCUT2D eigenvalue weighted by Crippen LogP contribution is -2.36. The van der Waals surface area contributed by atoms with E-state index in [2.05, 4.69) is 32.3 Å². The van der Waals surface area contributed by atoms with Crippen molar-refractivity contribution >= 4 is 34.6 Å². The molecule has 1 aromatic carbocycles. The number of aromatic nitrogens is 3. The fraction of sp³-hybridized carbons (Fsp3) is 0.250. The van der Waals surface area contributed by atoms with Gasteiger partial charge in [-0.25, -0.2) is 9.97 Å². The average Bonchev–Trinajstić information content (AvgIpc) is 3.05. The molecule has 1 aliphatic rings. The molecule has 0 spiro atoms. The monoisotopic (exact) mass is 329 g/mol. The summed E-state index contributed by atoms with van der Waals surface area (Å²) >= 11 is 6.05. The predicted molar refractivity (Wildman–Crippen MR) is 90.8 cm³/mol. The van der Waals surface area contributed by atoms with Gasteiger partial charge in [0.15, 0.2) is 0 Å². The van der Waals surface area contributed by atoms with Gasteiger partial charge >= 0.3 is 0 Å². The van der Waals surface area contributed by atoms with Gasteiger partial charge < -0.3 is 15.0 Å². The van der Waals surface area contributed by atoms with Gasteiger partial charge in [-0.2, -0.15) is 0 Å². The predicted octanol–water partition coefficient (Wildman–Crippen LogP) is 2.96. The number of hydrogen-bond acceptors (Lipinski definition) is 5. The Labute approximate surface area is 138 Å². The molecular formula is C16H16ClN5O. The van der Waals surface area contributed by atoms with E-state index in [4.69, 9.17) is 16.3 Å². The summed E-state index contributed by atoms with van der Waals surface area (Å²) < 4.78 is 7.25. The number of morpholine rings is 1. The molecular weight excluding hydrogens is 314 g/mol. The van der Waals surface area contributed by atoms with E-state index in [0.29, 0.717) is 11.1 Å². The Balaban J connectivity index is 1.57. The number of nitrogens with one attached hydrogen (secondary N) is 1. The minimum Gasteiger partial charge on any atom is -0.378 e. The second-order valence-corrected chi connectivity index (χ2v) is 5.72. The quantitative estimate of drug-likeness (QED) is 0.749. The lowest BCUT2D eigenvalue weighted by Gasteiger charge is -2.28. The third-order valence-corrected chi connectivity index (χ3v) is 4.05. The average molecular weight is 330 g/mol. The van der Waals surface area contributed by atoms with Crippen molar-refractivity contribution in [1.29, 1.82) is 0 Å². The SMILES string of the molecule is Clc1cc2nccn2c(Nc2ccc(N3CCOCC3)cc2)n1. The van der Waals surface area contributed by atoms with Crippen molar-refractivity contribution < 1.29 is 4.74 Å². The van der Waals surface area contributed by atoms with Crippen molar-refractivity contribution in [2.24, 2.45) is 0 Å². The molecule has 0 atom stereocenters. The van der Waals surface area contributed by atoms with E-state index in [1.165, 1.54) is 5.69 Å². The van der Waals surface area contributed by atoms with Gasteiger partial charge in [-0.3, -0.25) is 4.40 Å². The number of rotatable bonds is 3. The first-order chi connectivity index (χ1) is 11.3.